The van der Waals surface area contributed by atoms with Gasteiger partial charge in [0.15, 0.2) is 5.60 Å². The van der Waals surface area contributed by atoms with Gasteiger partial charge in [-0.1, -0.05) is 30.3 Å². The second kappa shape index (κ2) is 6.66. The Bertz CT molecular complexity index is 1190. The average Bonchev–Trinajstić information content (AvgIpc) is 2.92. The molecule has 0 bridgehead atoms. The molecule has 3 aromatic rings. The molecule has 1 unspecified atom stereocenters. The minimum absolute atomic E-state index is 0.109. The molecule has 0 aliphatic carbocycles. The molecule has 0 saturated carbocycles. The van der Waals surface area contributed by atoms with E-state index in [1.165, 1.54) is 41.6 Å². The Morgan fingerprint density at radius 3 is 2.24 bits per heavy atom. The second-order valence-electron chi connectivity index (χ2n) is 6.77. The quantitative estimate of drug-likeness (QED) is 0.428. The number of amides is 1. The van der Waals surface area contributed by atoms with Crippen LogP contribution in [-0.2, 0) is 27.0 Å². The summed E-state index contributed by atoms with van der Waals surface area (Å²) >= 11 is 0. The summed E-state index contributed by atoms with van der Waals surface area (Å²) < 4.78 is 23.9. The Hall–Kier alpha value is -3.27. The van der Waals surface area contributed by atoms with Gasteiger partial charge < -0.3 is 10.0 Å². The number of aliphatic hydroxyl groups is 1. The summed E-state index contributed by atoms with van der Waals surface area (Å²) in [6.45, 7) is 0.189. The lowest BCUT2D eigenvalue weighted by Gasteiger charge is -2.24. The Balaban J connectivity index is 1.78. The Kier molecular flexibility index (Phi) is 4.38. The molecule has 0 radical (unpaired) electrons. The molecule has 8 nitrogen and oxygen atoms in total. The van der Waals surface area contributed by atoms with Crippen molar-refractivity contribution in [3.63, 3.8) is 0 Å². The number of carbonyl (C=O) groups is 1. The summed E-state index contributed by atoms with van der Waals surface area (Å²) in [4.78, 5) is 14.7. The number of anilines is 1. The number of pyridine rings is 1. The molecule has 0 spiro atoms. The van der Waals surface area contributed by atoms with E-state index in [1.54, 1.807) is 36.4 Å². The first-order chi connectivity index (χ1) is 13.7. The molecule has 1 atom stereocenters. The van der Waals surface area contributed by atoms with E-state index in [4.69, 9.17) is 5.14 Å². The summed E-state index contributed by atoms with van der Waals surface area (Å²) in [6, 6.07) is 15.5. The van der Waals surface area contributed by atoms with E-state index in [2.05, 4.69) is 0 Å². The van der Waals surface area contributed by atoms with Crippen LogP contribution in [0.2, 0.25) is 0 Å². The van der Waals surface area contributed by atoms with Crippen LogP contribution in [0.25, 0.3) is 0 Å². The summed E-state index contributed by atoms with van der Waals surface area (Å²) in [6.07, 6.45) is 2.89. The zero-order chi connectivity index (χ0) is 20.8. The molecule has 1 aromatic heterocycles. The van der Waals surface area contributed by atoms with Gasteiger partial charge >= 0.3 is 0 Å². The number of nitrogens with two attached hydrogens (primary N) is 1. The van der Waals surface area contributed by atoms with Gasteiger partial charge in [-0.15, -0.1) is 0 Å². The largest absolute Gasteiger partial charge is 0.372 e. The van der Waals surface area contributed by atoms with Gasteiger partial charge in [-0.25, -0.2) is 13.6 Å². The van der Waals surface area contributed by atoms with Crippen molar-refractivity contribution in [2.24, 2.45) is 5.14 Å². The van der Waals surface area contributed by atoms with Crippen molar-refractivity contribution in [3.8, 4) is 0 Å². The van der Waals surface area contributed by atoms with Gasteiger partial charge in [-0.2, -0.15) is 0 Å². The minimum Gasteiger partial charge on any atom is -0.372 e. The highest BCUT2D eigenvalue weighted by molar-refractivity contribution is 7.89. The van der Waals surface area contributed by atoms with Crippen molar-refractivity contribution in [2.45, 2.75) is 17.0 Å². The molecule has 9 heteroatoms. The number of hydrogen-bond acceptors (Lipinski definition) is 5. The maximum atomic E-state index is 13.3. The summed E-state index contributed by atoms with van der Waals surface area (Å²) in [5.74, 6) is -0.553. The van der Waals surface area contributed by atoms with Crippen LogP contribution >= 0.6 is 0 Å². The van der Waals surface area contributed by atoms with E-state index in [0.29, 0.717) is 11.3 Å². The van der Waals surface area contributed by atoms with Crippen LogP contribution in [0, 0.1) is 0 Å². The van der Waals surface area contributed by atoms with Gasteiger partial charge in [-0.3, -0.25) is 10.0 Å². The molecule has 29 heavy (non-hydrogen) atoms. The molecule has 1 aliphatic heterocycles. The van der Waals surface area contributed by atoms with Crippen molar-refractivity contribution in [3.05, 3.63) is 89.7 Å². The van der Waals surface area contributed by atoms with E-state index >= 15 is 0 Å². The maximum Gasteiger partial charge on any atom is 0.268 e. The van der Waals surface area contributed by atoms with Crippen molar-refractivity contribution < 1.29 is 28.3 Å². The van der Waals surface area contributed by atoms with Crippen LogP contribution in [0.4, 0.5) is 5.69 Å². The predicted molar refractivity (Wildman–Crippen MR) is 102 cm³/mol. The van der Waals surface area contributed by atoms with E-state index in [-0.39, 0.29) is 17.0 Å². The Labute approximate surface area is 167 Å². The number of aromatic nitrogens is 1. The summed E-state index contributed by atoms with van der Waals surface area (Å²) in [5, 5.41) is 26.0. The van der Waals surface area contributed by atoms with Crippen LogP contribution < -0.4 is 14.8 Å². The maximum absolute atomic E-state index is 13.3. The number of hydrogen-bond donors (Lipinski definition) is 3. The molecule has 4 rings (SSSR count). The topological polar surface area (TPSA) is 125 Å². The number of benzene rings is 2. The van der Waals surface area contributed by atoms with Crippen LogP contribution in [0.5, 0.6) is 0 Å². The van der Waals surface area contributed by atoms with E-state index in [0.717, 1.165) is 10.3 Å². The number of fused-ring (bicyclic) bond motifs is 1. The first-order valence-corrected chi connectivity index (χ1v) is 10.2. The van der Waals surface area contributed by atoms with Gasteiger partial charge in [0.25, 0.3) is 5.91 Å². The van der Waals surface area contributed by atoms with E-state index < -0.39 is 21.5 Å². The fourth-order valence-corrected chi connectivity index (χ4v) is 4.01. The lowest BCUT2D eigenvalue weighted by molar-refractivity contribution is -0.904. The van der Waals surface area contributed by atoms with Crippen molar-refractivity contribution in [1.82, 2.24) is 0 Å². The summed E-state index contributed by atoms with van der Waals surface area (Å²) in [7, 11) is -3.89. The zero-order valence-corrected chi connectivity index (χ0v) is 16.0. The summed E-state index contributed by atoms with van der Waals surface area (Å²) in [5.41, 5.74) is -0.00441. The molecule has 0 saturated heterocycles. The standard InChI is InChI=1S/C20H18N3O5S/c21-29(27,28)16-7-5-15(6-8-16)20(25)17-3-1-2-4-18(17)23(19(20)24)13-14-9-11-22(26)12-10-14/h1-12,25-26H,13H2,(H2,21,27,28)/q+1. The van der Waals surface area contributed by atoms with Crippen molar-refractivity contribution in [2.75, 3.05) is 4.90 Å². The van der Waals surface area contributed by atoms with Crippen LogP contribution in [0.1, 0.15) is 16.7 Å². The number of carbonyl (C=O) groups excluding carboxylic acids is 1. The third-order valence-corrected chi connectivity index (χ3v) is 5.89. The van der Waals surface area contributed by atoms with Gasteiger partial charge in [0, 0.05) is 22.4 Å². The highest BCUT2D eigenvalue weighted by Crippen LogP contribution is 2.45. The molecular formula is C20H18N3O5S+. The monoisotopic (exact) mass is 412 g/mol. The Morgan fingerprint density at radius 1 is 1.00 bits per heavy atom. The third-order valence-electron chi connectivity index (χ3n) is 4.96. The highest BCUT2D eigenvalue weighted by atomic mass is 32.2. The zero-order valence-electron chi connectivity index (χ0n) is 15.1. The SMILES string of the molecule is NS(=O)(=O)c1ccc(C2(O)C(=O)N(Cc3cc[n+](O)cc3)c3ccccc32)cc1. The molecule has 4 N–H and O–H groups in total. The van der Waals surface area contributed by atoms with E-state index in [9.17, 15) is 23.5 Å². The molecule has 1 amide bonds. The highest BCUT2D eigenvalue weighted by Gasteiger charge is 2.50. The lowest BCUT2D eigenvalue weighted by Crippen LogP contribution is -2.41. The predicted octanol–water partition coefficient (Wildman–Crippen LogP) is 0.642. The molecule has 0 fully saturated rings. The lowest BCUT2D eigenvalue weighted by atomic mass is 9.87. The normalized spacial score (nSPS) is 18.7. The van der Waals surface area contributed by atoms with Gasteiger partial charge in [0.1, 0.15) is 0 Å². The first-order valence-electron chi connectivity index (χ1n) is 8.68. The Morgan fingerprint density at radius 2 is 1.62 bits per heavy atom. The fourth-order valence-electron chi connectivity index (χ4n) is 3.49. The number of sulfonamides is 1. The number of para-hydroxylation sites is 1. The molecule has 2 aromatic carbocycles. The van der Waals surface area contributed by atoms with Gasteiger partial charge in [-0.05, 0) is 29.3 Å². The van der Waals surface area contributed by atoms with Crippen molar-refractivity contribution >= 4 is 21.6 Å². The third kappa shape index (κ3) is 3.15. The van der Waals surface area contributed by atoms with Crippen LogP contribution in [0.15, 0.2) is 78.0 Å². The first kappa shape index (κ1) is 19.1. The number of rotatable bonds is 4. The number of nitrogens with zero attached hydrogens (tertiary/aromatic N) is 2. The van der Waals surface area contributed by atoms with Gasteiger partial charge in [0.05, 0.1) is 17.1 Å². The molecule has 1 aliphatic rings. The molecule has 2 heterocycles. The molecular weight excluding hydrogens is 394 g/mol. The fraction of sp³-hybridized carbons (Fsp3) is 0.100. The minimum atomic E-state index is -3.89. The average molecular weight is 412 g/mol. The van der Waals surface area contributed by atoms with Gasteiger partial charge in [0.2, 0.25) is 22.4 Å². The van der Waals surface area contributed by atoms with E-state index in [1.807, 2.05) is 0 Å². The van der Waals surface area contributed by atoms with Crippen LogP contribution in [0.3, 0.4) is 0 Å². The van der Waals surface area contributed by atoms with Crippen molar-refractivity contribution in [1.29, 1.82) is 0 Å². The smallest absolute Gasteiger partial charge is 0.268 e. The second-order valence-corrected chi connectivity index (χ2v) is 8.34. The molecule has 148 valence electrons. The van der Waals surface area contributed by atoms with Crippen LogP contribution in [-0.4, -0.2) is 24.6 Å². The number of primary sulfonamides is 1.